The van der Waals surface area contributed by atoms with E-state index in [1.165, 1.54) is 0 Å². The monoisotopic (exact) mass is 182 g/mol. The van der Waals surface area contributed by atoms with Crippen molar-refractivity contribution >= 4 is 11.6 Å². The summed E-state index contributed by atoms with van der Waals surface area (Å²) in [5, 5.41) is 9.37. The minimum absolute atomic E-state index is 0.0998. The van der Waals surface area contributed by atoms with Crippen molar-refractivity contribution in [3.8, 4) is 11.3 Å². The Balaban J connectivity index is 2.63. The summed E-state index contributed by atoms with van der Waals surface area (Å²) >= 11 is 5.83. The van der Waals surface area contributed by atoms with Gasteiger partial charge in [-0.3, -0.25) is 0 Å². The van der Waals surface area contributed by atoms with E-state index in [0.29, 0.717) is 16.5 Å². The first-order valence-electron chi connectivity index (χ1n) is 3.59. The molecule has 1 N–H and O–H groups in total. The molecule has 3 heteroatoms. The maximum atomic E-state index is 8.79. The average molecular weight is 183 g/mol. The predicted octanol–water partition coefficient (Wildman–Crippen LogP) is 2.53. The van der Waals surface area contributed by atoms with E-state index < -0.39 is 0 Å². The number of hydrogen-bond acceptors (Lipinski definition) is 2. The Bertz CT molecular complexity index is 367. The molecule has 0 amide bonds. The zero-order valence-electron chi connectivity index (χ0n) is 6.25. The first kappa shape index (κ1) is 7.65. The van der Waals surface area contributed by atoms with Gasteiger partial charge in [0.15, 0.2) is 5.76 Å². The summed E-state index contributed by atoms with van der Waals surface area (Å²) < 4.78 is 5.30. The molecule has 2 aliphatic rings. The van der Waals surface area contributed by atoms with Crippen LogP contribution in [0.1, 0.15) is 5.76 Å². The molecule has 0 saturated heterocycles. The topological polar surface area (TPSA) is 33.4 Å². The van der Waals surface area contributed by atoms with Crippen LogP contribution in [0.25, 0.3) is 11.3 Å². The number of aliphatic hydroxyl groups excluding tert-OH is 1. The van der Waals surface area contributed by atoms with Gasteiger partial charge >= 0.3 is 0 Å². The second-order valence-corrected chi connectivity index (χ2v) is 2.93. The van der Waals surface area contributed by atoms with Gasteiger partial charge in [0.05, 0.1) is 5.02 Å². The second kappa shape index (κ2) is 2.81. The molecule has 12 heavy (non-hydrogen) atoms. The Kier molecular flexibility index (Phi) is 1.79. The molecule has 0 atom stereocenters. The summed E-state index contributed by atoms with van der Waals surface area (Å²) in [5.74, 6) is 1.17. The molecule has 0 fully saturated rings. The lowest BCUT2D eigenvalue weighted by molar-refractivity contribution is 0.246. The zero-order valence-corrected chi connectivity index (χ0v) is 7.01. The van der Waals surface area contributed by atoms with Gasteiger partial charge in [-0.25, -0.2) is 0 Å². The predicted molar refractivity (Wildman–Crippen MR) is 46.3 cm³/mol. The van der Waals surface area contributed by atoms with Crippen molar-refractivity contribution in [2.75, 3.05) is 0 Å². The molecule has 2 rings (SSSR count). The van der Waals surface area contributed by atoms with Crippen LogP contribution in [0.2, 0.25) is 5.02 Å². The molecule has 0 aromatic heterocycles. The van der Waals surface area contributed by atoms with E-state index in [0.717, 1.165) is 5.56 Å². The van der Waals surface area contributed by atoms with Crippen LogP contribution < -0.4 is 0 Å². The van der Waals surface area contributed by atoms with Crippen molar-refractivity contribution < 1.29 is 9.52 Å². The lowest BCUT2D eigenvalue weighted by Gasteiger charge is -2.01. The number of fused-ring (bicyclic) bond motifs is 1. The molecule has 0 bridgehead atoms. The van der Waals surface area contributed by atoms with E-state index in [2.05, 4.69) is 0 Å². The minimum Gasteiger partial charge on any atom is -0.457 e. The van der Waals surface area contributed by atoms with Crippen molar-refractivity contribution in [1.29, 1.82) is 0 Å². The van der Waals surface area contributed by atoms with E-state index in [4.69, 9.17) is 21.1 Å². The van der Waals surface area contributed by atoms with E-state index in [1.54, 1.807) is 12.1 Å². The van der Waals surface area contributed by atoms with Crippen LogP contribution in [0.3, 0.4) is 0 Å². The lowest BCUT2D eigenvalue weighted by atomic mass is 10.2. The zero-order chi connectivity index (χ0) is 8.55. The van der Waals surface area contributed by atoms with Gasteiger partial charge in [0.2, 0.25) is 0 Å². The molecule has 0 aromatic carbocycles. The van der Waals surface area contributed by atoms with Gasteiger partial charge in [-0.2, -0.15) is 0 Å². The fraction of sp³-hybridized carbons (Fsp3) is 0.111. The SMILES string of the molecule is OCc1ccc2ccc(Cl)c-2o1. The standard InChI is InChI=1S/C9H7ClO2/c10-8-4-2-6-1-3-7(5-11)12-9(6)8/h1-4,11H,5H2. The van der Waals surface area contributed by atoms with Crippen molar-refractivity contribution in [3.05, 3.63) is 35.0 Å². The van der Waals surface area contributed by atoms with Crippen LogP contribution in [-0.4, -0.2) is 5.11 Å². The normalized spacial score (nSPS) is 10.8. The van der Waals surface area contributed by atoms with Gasteiger partial charge in [-0.1, -0.05) is 11.6 Å². The highest BCUT2D eigenvalue weighted by atomic mass is 35.5. The van der Waals surface area contributed by atoms with E-state index in [1.807, 2.05) is 12.1 Å². The van der Waals surface area contributed by atoms with Gasteiger partial charge in [-0.05, 0) is 24.3 Å². The van der Waals surface area contributed by atoms with Gasteiger partial charge < -0.3 is 9.52 Å². The Morgan fingerprint density at radius 2 is 2.00 bits per heavy atom. The molecule has 0 unspecified atom stereocenters. The molecule has 0 saturated carbocycles. The van der Waals surface area contributed by atoms with Crippen LogP contribution in [0.15, 0.2) is 28.7 Å². The summed E-state index contributed by atoms with van der Waals surface area (Å²) in [5.41, 5.74) is 0.956. The summed E-state index contributed by atoms with van der Waals surface area (Å²) in [7, 11) is 0. The maximum Gasteiger partial charge on any atom is 0.152 e. The molecular formula is C9H7ClO2. The van der Waals surface area contributed by atoms with Crippen LogP contribution >= 0.6 is 11.6 Å². The first-order chi connectivity index (χ1) is 5.81. The molecule has 0 radical (unpaired) electrons. The molecule has 1 aliphatic heterocycles. The largest absolute Gasteiger partial charge is 0.457 e. The van der Waals surface area contributed by atoms with E-state index in [9.17, 15) is 0 Å². The lowest BCUT2D eigenvalue weighted by Crippen LogP contribution is -1.83. The Morgan fingerprint density at radius 1 is 1.25 bits per heavy atom. The van der Waals surface area contributed by atoms with Crippen molar-refractivity contribution in [2.24, 2.45) is 0 Å². The van der Waals surface area contributed by atoms with Gasteiger partial charge in [0, 0.05) is 5.56 Å². The van der Waals surface area contributed by atoms with Crippen molar-refractivity contribution in [3.63, 3.8) is 0 Å². The molecular weight excluding hydrogens is 176 g/mol. The fourth-order valence-corrected chi connectivity index (χ4v) is 1.33. The summed E-state index contributed by atoms with van der Waals surface area (Å²) in [6.45, 7) is -0.0998. The average Bonchev–Trinajstić information content (AvgIpc) is 2.47. The molecule has 0 aromatic rings. The molecule has 0 spiro atoms. The third-order valence-electron chi connectivity index (χ3n) is 1.73. The van der Waals surface area contributed by atoms with Gasteiger partial charge in [0.1, 0.15) is 12.4 Å². The van der Waals surface area contributed by atoms with Gasteiger partial charge in [-0.15, -0.1) is 0 Å². The number of hydrogen-bond donors (Lipinski definition) is 1. The van der Waals surface area contributed by atoms with E-state index in [-0.39, 0.29) is 6.61 Å². The summed E-state index contributed by atoms with van der Waals surface area (Å²) in [6, 6.07) is 7.26. The molecule has 62 valence electrons. The van der Waals surface area contributed by atoms with E-state index >= 15 is 0 Å². The van der Waals surface area contributed by atoms with Crippen LogP contribution in [0, 0.1) is 0 Å². The molecule has 2 nitrogen and oxygen atoms in total. The molecule has 1 heterocycles. The van der Waals surface area contributed by atoms with Crippen LogP contribution in [0.5, 0.6) is 0 Å². The second-order valence-electron chi connectivity index (χ2n) is 2.53. The quantitative estimate of drug-likeness (QED) is 0.735. The number of halogens is 1. The Morgan fingerprint density at radius 3 is 2.75 bits per heavy atom. The highest BCUT2D eigenvalue weighted by Gasteiger charge is 2.10. The van der Waals surface area contributed by atoms with Gasteiger partial charge in [0.25, 0.3) is 0 Å². The maximum absolute atomic E-state index is 8.79. The minimum atomic E-state index is -0.0998. The highest BCUT2D eigenvalue weighted by molar-refractivity contribution is 6.33. The third-order valence-corrected chi connectivity index (χ3v) is 2.02. The third kappa shape index (κ3) is 1.09. The number of rotatable bonds is 1. The Hall–Kier alpha value is -0.990. The smallest absolute Gasteiger partial charge is 0.152 e. The number of aliphatic hydroxyl groups is 1. The fourth-order valence-electron chi connectivity index (χ4n) is 1.12. The Labute approximate surface area is 74.7 Å². The van der Waals surface area contributed by atoms with Crippen LogP contribution in [0.4, 0.5) is 0 Å². The molecule has 1 aliphatic carbocycles. The van der Waals surface area contributed by atoms with Crippen molar-refractivity contribution in [2.45, 2.75) is 6.61 Å². The highest BCUT2D eigenvalue weighted by Crippen LogP contribution is 2.32. The summed E-state index contributed by atoms with van der Waals surface area (Å²) in [6.07, 6.45) is 0. The van der Waals surface area contributed by atoms with Crippen molar-refractivity contribution in [1.82, 2.24) is 0 Å². The summed E-state index contributed by atoms with van der Waals surface area (Å²) in [4.78, 5) is 0. The van der Waals surface area contributed by atoms with Crippen LogP contribution in [-0.2, 0) is 6.61 Å². The first-order valence-corrected chi connectivity index (χ1v) is 3.97.